The van der Waals surface area contributed by atoms with Crippen LogP contribution in [0.2, 0.25) is 0 Å². The number of hydrogen-bond acceptors (Lipinski definition) is 6. The molecule has 0 saturated heterocycles. The van der Waals surface area contributed by atoms with Crippen molar-refractivity contribution >= 4 is 51.9 Å². The Hall–Kier alpha value is -0.510. The fourth-order valence-corrected chi connectivity index (χ4v) is 2.46. The van der Waals surface area contributed by atoms with Gasteiger partial charge in [0.05, 0.1) is 18.2 Å². The second kappa shape index (κ2) is 11.2. The monoisotopic (exact) mass is 338 g/mol. The fourth-order valence-electron chi connectivity index (χ4n) is 0.921. The SMILES string of the molecule is CN(C)CSCC(=O)NCNC(=O)CSC(=S)N(C)C. The van der Waals surface area contributed by atoms with Crippen molar-refractivity contribution in [3.63, 3.8) is 0 Å². The average Bonchev–Trinajstić information content (AvgIpc) is 2.35. The molecule has 0 aliphatic heterocycles. The molecule has 0 unspecified atom stereocenters. The minimum atomic E-state index is -0.152. The van der Waals surface area contributed by atoms with Crippen LogP contribution in [0.3, 0.4) is 0 Å². The molecule has 0 aromatic heterocycles. The first kappa shape index (κ1) is 19.5. The Labute approximate surface area is 134 Å². The molecule has 0 aromatic rings. The van der Waals surface area contributed by atoms with Gasteiger partial charge < -0.3 is 20.4 Å². The van der Waals surface area contributed by atoms with Gasteiger partial charge in [0.1, 0.15) is 4.32 Å². The van der Waals surface area contributed by atoms with Gasteiger partial charge >= 0.3 is 0 Å². The molecule has 0 bridgehead atoms. The highest BCUT2D eigenvalue weighted by atomic mass is 32.2. The molecule has 0 saturated carbocycles. The summed E-state index contributed by atoms with van der Waals surface area (Å²) >= 11 is 7.86. The van der Waals surface area contributed by atoms with Crippen LogP contribution >= 0.6 is 35.7 Å². The van der Waals surface area contributed by atoms with Crippen LogP contribution in [0.1, 0.15) is 0 Å². The van der Waals surface area contributed by atoms with E-state index in [0.717, 1.165) is 5.88 Å². The highest BCUT2D eigenvalue weighted by Crippen LogP contribution is 2.05. The summed E-state index contributed by atoms with van der Waals surface area (Å²) in [6, 6.07) is 0. The zero-order valence-electron chi connectivity index (χ0n) is 12.3. The lowest BCUT2D eigenvalue weighted by Crippen LogP contribution is -2.39. The summed E-state index contributed by atoms with van der Waals surface area (Å²) in [5.41, 5.74) is 0. The third kappa shape index (κ3) is 11.3. The van der Waals surface area contributed by atoms with Crippen LogP contribution in [-0.2, 0) is 9.59 Å². The highest BCUT2D eigenvalue weighted by Gasteiger charge is 2.06. The summed E-state index contributed by atoms with van der Waals surface area (Å²) in [5.74, 6) is 1.18. The number of nitrogens with one attached hydrogen (secondary N) is 2. The van der Waals surface area contributed by atoms with E-state index in [0.29, 0.717) is 10.1 Å². The van der Waals surface area contributed by atoms with E-state index in [1.807, 2.05) is 33.1 Å². The van der Waals surface area contributed by atoms with Crippen molar-refractivity contribution in [1.29, 1.82) is 0 Å². The second-order valence-electron chi connectivity index (χ2n) is 4.38. The van der Waals surface area contributed by atoms with Crippen molar-refractivity contribution in [2.45, 2.75) is 0 Å². The summed E-state index contributed by atoms with van der Waals surface area (Å²) in [4.78, 5) is 26.7. The summed E-state index contributed by atoms with van der Waals surface area (Å²) in [5, 5.41) is 5.25. The van der Waals surface area contributed by atoms with E-state index in [9.17, 15) is 9.59 Å². The van der Waals surface area contributed by atoms with E-state index >= 15 is 0 Å². The largest absolute Gasteiger partial charge is 0.364 e. The molecule has 0 spiro atoms. The van der Waals surface area contributed by atoms with E-state index in [-0.39, 0.29) is 24.2 Å². The molecule has 116 valence electrons. The molecular weight excluding hydrogens is 316 g/mol. The molecule has 0 fully saturated rings. The lowest BCUT2D eigenvalue weighted by atomic mass is 10.6. The third-order valence-corrected chi connectivity index (χ3v) is 4.75. The maximum absolute atomic E-state index is 11.5. The van der Waals surface area contributed by atoms with Gasteiger partial charge in [-0.05, 0) is 14.1 Å². The Bertz CT molecular complexity index is 338. The maximum atomic E-state index is 11.5. The average molecular weight is 339 g/mol. The molecule has 0 atom stereocenters. The van der Waals surface area contributed by atoms with Gasteiger partial charge in [0.25, 0.3) is 0 Å². The van der Waals surface area contributed by atoms with Crippen LogP contribution in [0, 0.1) is 0 Å². The number of carbonyl (C=O) groups is 2. The maximum Gasteiger partial charge on any atom is 0.231 e. The highest BCUT2D eigenvalue weighted by molar-refractivity contribution is 8.23. The molecule has 20 heavy (non-hydrogen) atoms. The van der Waals surface area contributed by atoms with Gasteiger partial charge in [-0.15, -0.1) is 11.8 Å². The van der Waals surface area contributed by atoms with Crippen molar-refractivity contribution in [2.75, 3.05) is 52.2 Å². The van der Waals surface area contributed by atoms with E-state index in [2.05, 4.69) is 10.6 Å². The first-order valence-electron chi connectivity index (χ1n) is 5.93. The lowest BCUT2D eigenvalue weighted by Gasteiger charge is -2.12. The van der Waals surface area contributed by atoms with Crippen LogP contribution in [0.15, 0.2) is 0 Å². The fraction of sp³-hybridized carbons (Fsp3) is 0.727. The number of thioether (sulfide) groups is 2. The first-order valence-corrected chi connectivity index (χ1v) is 8.47. The first-order chi connectivity index (χ1) is 9.32. The molecule has 2 amide bonds. The topological polar surface area (TPSA) is 64.7 Å². The van der Waals surface area contributed by atoms with Gasteiger partial charge in [-0.25, -0.2) is 0 Å². The van der Waals surface area contributed by atoms with Gasteiger partial charge in [0.15, 0.2) is 0 Å². The summed E-state index contributed by atoms with van der Waals surface area (Å²) in [6.45, 7) is 0.148. The minimum absolute atomic E-state index is 0.0892. The van der Waals surface area contributed by atoms with Crippen LogP contribution in [0.25, 0.3) is 0 Å². The summed E-state index contributed by atoms with van der Waals surface area (Å²) < 4.78 is 0.657. The molecule has 6 nitrogen and oxygen atoms in total. The Balaban J connectivity index is 3.60. The Morgan fingerprint density at radius 1 is 1.05 bits per heavy atom. The van der Waals surface area contributed by atoms with Crippen molar-refractivity contribution in [1.82, 2.24) is 20.4 Å². The quantitative estimate of drug-likeness (QED) is 0.477. The number of thiocarbonyl (C=S) groups is 1. The van der Waals surface area contributed by atoms with E-state index < -0.39 is 0 Å². The number of rotatable bonds is 8. The second-order valence-corrected chi connectivity index (χ2v) is 6.95. The van der Waals surface area contributed by atoms with Gasteiger partial charge in [-0.2, -0.15) is 0 Å². The number of hydrogen-bond donors (Lipinski definition) is 2. The van der Waals surface area contributed by atoms with E-state index in [4.69, 9.17) is 12.2 Å². The number of nitrogens with zero attached hydrogens (tertiary/aromatic N) is 2. The Morgan fingerprint density at radius 2 is 1.60 bits per heavy atom. The van der Waals surface area contributed by atoms with E-state index in [1.165, 1.54) is 23.5 Å². The number of amides is 2. The standard InChI is InChI=1S/C11H22N4O2S3/c1-14(2)8-19-5-9(16)12-7-13-10(17)6-20-11(18)15(3)4/h5-8H2,1-4H3,(H,12,16)(H,13,17). The molecule has 2 N–H and O–H groups in total. The van der Waals surface area contributed by atoms with Crippen LogP contribution in [0.4, 0.5) is 0 Å². The molecule has 0 heterocycles. The van der Waals surface area contributed by atoms with Crippen LogP contribution < -0.4 is 10.6 Å². The molecule has 0 rings (SSSR count). The minimum Gasteiger partial charge on any atom is -0.364 e. The molecule has 0 radical (unpaired) electrons. The predicted molar refractivity (Wildman–Crippen MR) is 90.9 cm³/mol. The van der Waals surface area contributed by atoms with Gasteiger partial charge in [-0.3, -0.25) is 9.59 Å². The van der Waals surface area contributed by atoms with Crippen molar-refractivity contribution < 1.29 is 9.59 Å². The predicted octanol–water partition coefficient (Wildman–Crippen LogP) is 0.00830. The molecular formula is C11H22N4O2S3. The smallest absolute Gasteiger partial charge is 0.231 e. The molecule has 0 aliphatic rings. The Kier molecular flexibility index (Phi) is 10.9. The molecule has 9 heteroatoms. The van der Waals surface area contributed by atoms with Crippen molar-refractivity contribution in [2.24, 2.45) is 0 Å². The third-order valence-electron chi connectivity index (χ3n) is 1.85. The van der Waals surface area contributed by atoms with Gasteiger partial charge in [-0.1, -0.05) is 24.0 Å². The van der Waals surface area contributed by atoms with Crippen molar-refractivity contribution in [3.8, 4) is 0 Å². The van der Waals surface area contributed by atoms with Gasteiger partial charge in [0, 0.05) is 20.0 Å². The summed E-state index contributed by atoms with van der Waals surface area (Å²) in [7, 11) is 7.56. The zero-order valence-corrected chi connectivity index (χ0v) is 14.7. The normalized spacial score (nSPS) is 10.2. The zero-order chi connectivity index (χ0) is 15.5. The number of carbonyl (C=O) groups excluding carboxylic acids is 2. The molecule has 0 aromatic carbocycles. The Morgan fingerprint density at radius 3 is 2.10 bits per heavy atom. The van der Waals surface area contributed by atoms with Crippen LogP contribution in [-0.4, -0.2) is 78.2 Å². The van der Waals surface area contributed by atoms with E-state index in [1.54, 1.807) is 4.90 Å². The van der Waals surface area contributed by atoms with Crippen LogP contribution in [0.5, 0.6) is 0 Å². The van der Waals surface area contributed by atoms with Crippen molar-refractivity contribution in [3.05, 3.63) is 0 Å². The van der Waals surface area contributed by atoms with Gasteiger partial charge in [0.2, 0.25) is 11.8 Å². The summed E-state index contributed by atoms with van der Waals surface area (Å²) in [6.07, 6.45) is 0. The lowest BCUT2D eigenvalue weighted by molar-refractivity contribution is -0.120. The molecule has 0 aliphatic carbocycles.